The third-order valence-electron chi connectivity index (χ3n) is 4.57. The molecule has 3 unspecified atom stereocenters. The van der Waals surface area contributed by atoms with Crippen LogP contribution in [0.5, 0.6) is 0 Å². The average Bonchev–Trinajstić information content (AvgIpc) is 2.47. The smallest absolute Gasteiger partial charge is 0.00952 e. The van der Waals surface area contributed by atoms with Crippen molar-refractivity contribution in [2.75, 3.05) is 13.1 Å². The van der Waals surface area contributed by atoms with E-state index in [0.717, 1.165) is 17.9 Å². The second-order valence-electron chi connectivity index (χ2n) is 5.33. The second-order valence-corrected chi connectivity index (χ2v) is 5.33. The zero-order valence-corrected chi connectivity index (χ0v) is 9.84. The van der Waals surface area contributed by atoms with Crippen LogP contribution >= 0.6 is 0 Å². The van der Waals surface area contributed by atoms with Gasteiger partial charge in [-0.15, -0.1) is 0 Å². The van der Waals surface area contributed by atoms with Gasteiger partial charge in [0, 0.05) is 6.04 Å². The number of hydrogen-bond acceptors (Lipinski definition) is 1. The average molecular weight is 195 g/mol. The summed E-state index contributed by atoms with van der Waals surface area (Å²) in [6, 6.07) is 0.869. The van der Waals surface area contributed by atoms with Crippen molar-refractivity contribution in [3.63, 3.8) is 0 Å². The van der Waals surface area contributed by atoms with E-state index >= 15 is 0 Å². The molecule has 2 aliphatic rings. The van der Waals surface area contributed by atoms with Gasteiger partial charge < -0.3 is 4.90 Å². The minimum absolute atomic E-state index is 0.869. The van der Waals surface area contributed by atoms with Crippen molar-refractivity contribution in [3.8, 4) is 0 Å². The van der Waals surface area contributed by atoms with Gasteiger partial charge in [0.25, 0.3) is 0 Å². The van der Waals surface area contributed by atoms with Crippen molar-refractivity contribution in [1.82, 2.24) is 4.90 Å². The van der Waals surface area contributed by atoms with Gasteiger partial charge in [-0.25, -0.2) is 0 Å². The molecule has 1 heteroatoms. The van der Waals surface area contributed by atoms with Gasteiger partial charge in [0.2, 0.25) is 0 Å². The van der Waals surface area contributed by atoms with Crippen LogP contribution in [-0.2, 0) is 0 Å². The van der Waals surface area contributed by atoms with Gasteiger partial charge in [-0.05, 0) is 57.5 Å². The molecule has 82 valence electrons. The van der Waals surface area contributed by atoms with Crippen molar-refractivity contribution in [3.05, 3.63) is 0 Å². The first-order valence-corrected chi connectivity index (χ1v) is 6.55. The molecule has 2 aliphatic heterocycles. The minimum atomic E-state index is 0.869. The van der Waals surface area contributed by atoms with E-state index in [0.29, 0.717) is 0 Å². The standard InChI is InChI=1S/C13H25N/c1-3-12-7-9-14-8-5-4-6-13(10-12)11(14)2/h11-13H,3-10H2,1-2H3/t11?,12-,13?/m1/s1. The molecule has 1 nitrogen and oxygen atoms in total. The first-order chi connectivity index (χ1) is 6.81. The molecule has 0 aromatic heterocycles. The quantitative estimate of drug-likeness (QED) is 0.620. The normalized spacial score (nSPS) is 44.1. The predicted molar refractivity (Wildman–Crippen MR) is 61.4 cm³/mol. The third-order valence-corrected chi connectivity index (χ3v) is 4.57. The highest BCUT2D eigenvalue weighted by Gasteiger charge is 2.30. The molecule has 2 rings (SSSR count). The van der Waals surface area contributed by atoms with Crippen molar-refractivity contribution in [2.45, 2.75) is 58.4 Å². The molecular formula is C13H25N. The maximum atomic E-state index is 2.76. The van der Waals surface area contributed by atoms with Crippen LogP contribution < -0.4 is 0 Å². The molecule has 2 fully saturated rings. The van der Waals surface area contributed by atoms with Crippen LogP contribution in [0.4, 0.5) is 0 Å². The van der Waals surface area contributed by atoms with Crippen LogP contribution in [0.1, 0.15) is 52.4 Å². The molecule has 0 N–H and O–H groups in total. The second kappa shape index (κ2) is 4.65. The Bertz CT molecular complexity index is 178. The van der Waals surface area contributed by atoms with Crippen molar-refractivity contribution in [1.29, 1.82) is 0 Å². The van der Waals surface area contributed by atoms with Crippen molar-refractivity contribution < 1.29 is 0 Å². The van der Waals surface area contributed by atoms with Crippen molar-refractivity contribution >= 4 is 0 Å². The Labute approximate surface area is 88.9 Å². The number of fused-ring (bicyclic) bond motifs is 2. The lowest BCUT2D eigenvalue weighted by molar-refractivity contribution is 0.185. The van der Waals surface area contributed by atoms with E-state index in [1.165, 1.54) is 51.6 Å². The highest BCUT2D eigenvalue weighted by Crippen LogP contribution is 2.34. The summed E-state index contributed by atoms with van der Waals surface area (Å²) in [5, 5.41) is 0. The molecule has 0 aromatic rings. The Balaban J connectivity index is 2.06. The Kier molecular flexibility index (Phi) is 3.48. The molecule has 0 amide bonds. The van der Waals surface area contributed by atoms with E-state index in [2.05, 4.69) is 18.7 Å². The summed E-state index contributed by atoms with van der Waals surface area (Å²) in [5.41, 5.74) is 0. The third kappa shape index (κ3) is 2.13. The lowest BCUT2D eigenvalue weighted by Gasteiger charge is -2.29. The molecule has 0 spiro atoms. The lowest BCUT2D eigenvalue weighted by Crippen LogP contribution is -2.36. The van der Waals surface area contributed by atoms with Crippen LogP contribution in [0.2, 0.25) is 0 Å². The summed E-state index contributed by atoms with van der Waals surface area (Å²) >= 11 is 0. The van der Waals surface area contributed by atoms with Gasteiger partial charge in [-0.3, -0.25) is 0 Å². The summed E-state index contributed by atoms with van der Waals surface area (Å²) in [4.78, 5) is 2.76. The molecule has 4 atom stereocenters. The predicted octanol–water partition coefficient (Wildman–Crippen LogP) is 3.30. The Morgan fingerprint density at radius 1 is 1.14 bits per heavy atom. The first-order valence-electron chi connectivity index (χ1n) is 6.55. The van der Waals surface area contributed by atoms with Gasteiger partial charge in [-0.2, -0.15) is 0 Å². The van der Waals surface area contributed by atoms with Crippen LogP contribution in [0, 0.1) is 11.8 Å². The monoisotopic (exact) mass is 195 g/mol. The van der Waals surface area contributed by atoms with Crippen LogP contribution in [0.3, 0.4) is 0 Å². The molecule has 14 heavy (non-hydrogen) atoms. The van der Waals surface area contributed by atoms with E-state index in [9.17, 15) is 0 Å². The van der Waals surface area contributed by atoms with Gasteiger partial charge >= 0.3 is 0 Å². The Hall–Kier alpha value is -0.0400. The minimum Gasteiger partial charge on any atom is -0.300 e. The SMILES string of the molecule is CC[C@@H]1CCN2CCCCC(C1)C2C. The van der Waals surface area contributed by atoms with E-state index < -0.39 is 0 Å². The highest BCUT2D eigenvalue weighted by atomic mass is 15.2. The largest absolute Gasteiger partial charge is 0.300 e. The van der Waals surface area contributed by atoms with Gasteiger partial charge in [0.05, 0.1) is 0 Å². The van der Waals surface area contributed by atoms with Crippen LogP contribution in [0.25, 0.3) is 0 Å². The van der Waals surface area contributed by atoms with Gasteiger partial charge in [-0.1, -0.05) is 19.8 Å². The number of hydrogen-bond donors (Lipinski definition) is 0. The van der Waals surface area contributed by atoms with E-state index in [1.54, 1.807) is 0 Å². The summed E-state index contributed by atoms with van der Waals surface area (Å²) in [7, 11) is 0. The molecule has 0 saturated carbocycles. The molecular weight excluding hydrogens is 170 g/mol. The summed E-state index contributed by atoms with van der Waals surface area (Å²) < 4.78 is 0. The van der Waals surface area contributed by atoms with E-state index in [4.69, 9.17) is 0 Å². The molecule has 2 heterocycles. The summed E-state index contributed by atoms with van der Waals surface area (Å²) in [6.07, 6.45) is 8.77. The topological polar surface area (TPSA) is 3.24 Å². The number of nitrogens with zero attached hydrogens (tertiary/aromatic N) is 1. The van der Waals surface area contributed by atoms with Crippen LogP contribution in [-0.4, -0.2) is 24.0 Å². The zero-order valence-electron chi connectivity index (χ0n) is 9.84. The Morgan fingerprint density at radius 2 is 2.00 bits per heavy atom. The molecule has 2 saturated heterocycles. The van der Waals surface area contributed by atoms with E-state index in [1.807, 2.05) is 0 Å². The van der Waals surface area contributed by atoms with Crippen molar-refractivity contribution in [2.24, 2.45) is 11.8 Å². The fourth-order valence-corrected chi connectivity index (χ4v) is 3.36. The first kappa shape index (κ1) is 10.5. The molecule has 0 aliphatic carbocycles. The molecule has 0 radical (unpaired) electrons. The molecule has 0 aromatic carbocycles. The molecule has 2 bridgehead atoms. The number of rotatable bonds is 1. The maximum absolute atomic E-state index is 2.76. The van der Waals surface area contributed by atoms with Gasteiger partial charge in [0.1, 0.15) is 0 Å². The summed E-state index contributed by atoms with van der Waals surface area (Å²) in [5.74, 6) is 2.02. The van der Waals surface area contributed by atoms with Crippen LogP contribution in [0.15, 0.2) is 0 Å². The zero-order chi connectivity index (χ0) is 9.97. The lowest BCUT2D eigenvalue weighted by atomic mass is 9.86. The summed E-state index contributed by atoms with van der Waals surface area (Å²) in [6.45, 7) is 7.58. The fourth-order valence-electron chi connectivity index (χ4n) is 3.36. The maximum Gasteiger partial charge on any atom is 0.00952 e. The van der Waals surface area contributed by atoms with Gasteiger partial charge in [0.15, 0.2) is 0 Å². The fraction of sp³-hybridized carbons (Fsp3) is 1.00. The van der Waals surface area contributed by atoms with E-state index in [-0.39, 0.29) is 0 Å². The highest BCUT2D eigenvalue weighted by molar-refractivity contribution is 4.84. The Morgan fingerprint density at radius 3 is 2.79 bits per heavy atom.